The van der Waals surface area contributed by atoms with Gasteiger partial charge in [-0.25, -0.2) is 4.79 Å². The van der Waals surface area contributed by atoms with E-state index in [0.717, 1.165) is 0 Å². The average Bonchev–Trinajstić information content (AvgIpc) is 2.96. The third-order valence-electron chi connectivity index (χ3n) is 3.80. The van der Waals surface area contributed by atoms with Gasteiger partial charge in [-0.1, -0.05) is 0 Å². The Kier molecular flexibility index (Phi) is 8.54. The van der Waals surface area contributed by atoms with Crippen LogP contribution in [0.2, 0.25) is 0 Å². The van der Waals surface area contributed by atoms with Crippen molar-refractivity contribution in [3.05, 3.63) is 0 Å². The Morgan fingerprint density at radius 3 is 2.31 bits per heavy atom. The van der Waals surface area contributed by atoms with Crippen molar-refractivity contribution in [1.82, 2.24) is 4.90 Å². The van der Waals surface area contributed by atoms with Crippen LogP contribution in [0.5, 0.6) is 0 Å². The Hall–Kier alpha value is -2.12. The molecule has 0 bridgehead atoms. The van der Waals surface area contributed by atoms with Crippen molar-refractivity contribution in [3.63, 3.8) is 0 Å². The highest BCUT2D eigenvalue weighted by molar-refractivity contribution is 5.82. The summed E-state index contributed by atoms with van der Waals surface area (Å²) in [7, 11) is 0. The quantitative estimate of drug-likeness (QED) is 0.490. The molecule has 1 aliphatic rings. The van der Waals surface area contributed by atoms with Crippen molar-refractivity contribution in [1.29, 1.82) is 0 Å². The van der Waals surface area contributed by atoms with Crippen LogP contribution in [0.1, 0.15) is 65.7 Å². The number of Topliss-reactive ketones (excluding diaryl/α,β-unsaturated/α-hetero) is 1. The molecule has 1 unspecified atom stereocenters. The van der Waals surface area contributed by atoms with Gasteiger partial charge in [0, 0.05) is 32.2 Å². The van der Waals surface area contributed by atoms with E-state index in [1.165, 1.54) is 4.90 Å². The molecule has 0 aliphatic carbocycles. The molecule has 148 valence electrons. The van der Waals surface area contributed by atoms with E-state index < -0.39 is 17.7 Å². The summed E-state index contributed by atoms with van der Waals surface area (Å²) in [6.07, 6.45) is 1.24. The molecule has 1 amide bonds. The molecule has 26 heavy (non-hydrogen) atoms. The summed E-state index contributed by atoms with van der Waals surface area (Å²) >= 11 is 0. The topological polar surface area (TPSA) is 110 Å². The lowest BCUT2D eigenvalue weighted by atomic mass is 10.1. The second-order valence-electron chi connectivity index (χ2n) is 7.47. The van der Waals surface area contributed by atoms with E-state index in [-0.39, 0.29) is 43.5 Å². The minimum absolute atomic E-state index is 0.0301. The molecule has 1 heterocycles. The summed E-state index contributed by atoms with van der Waals surface area (Å²) < 4.78 is 10.6. The van der Waals surface area contributed by atoms with Gasteiger partial charge >= 0.3 is 18.0 Å². The van der Waals surface area contributed by atoms with E-state index in [9.17, 15) is 19.2 Å². The van der Waals surface area contributed by atoms with Crippen LogP contribution in [0.15, 0.2) is 0 Å². The fraction of sp³-hybridized carbons (Fsp3) is 0.778. The predicted octanol–water partition coefficient (Wildman–Crippen LogP) is 2.53. The average molecular weight is 371 g/mol. The number of unbranched alkanes of at least 4 members (excludes halogenated alkanes) is 1. The van der Waals surface area contributed by atoms with E-state index >= 15 is 0 Å². The van der Waals surface area contributed by atoms with Crippen LogP contribution < -0.4 is 0 Å². The first-order valence-electron chi connectivity index (χ1n) is 8.97. The molecule has 0 aromatic rings. The van der Waals surface area contributed by atoms with Gasteiger partial charge in [-0.2, -0.15) is 0 Å². The number of amides is 1. The number of likely N-dealkylation sites (tertiary alicyclic amines) is 1. The monoisotopic (exact) mass is 371 g/mol. The normalized spacial score (nSPS) is 17.0. The number of esters is 1. The summed E-state index contributed by atoms with van der Waals surface area (Å²) in [6, 6.07) is 0. The van der Waals surface area contributed by atoms with Gasteiger partial charge in [-0.3, -0.25) is 14.4 Å². The maximum Gasteiger partial charge on any atom is 0.410 e. The largest absolute Gasteiger partial charge is 0.481 e. The third-order valence-corrected chi connectivity index (χ3v) is 3.80. The molecule has 0 spiro atoms. The molecule has 1 rings (SSSR count). The molecule has 8 nitrogen and oxygen atoms in total. The zero-order valence-corrected chi connectivity index (χ0v) is 15.8. The van der Waals surface area contributed by atoms with Crippen molar-refractivity contribution in [2.45, 2.75) is 77.4 Å². The number of hydrogen-bond acceptors (Lipinski definition) is 6. The molecule has 1 N–H and O–H groups in total. The molecular weight excluding hydrogens is 342 g/mol. The first-order valence-corrected chi connectivity index (χ1v) is 8.97. The molecule has 0 radical (unpaired) electrons. The highest BCUT2D eigenvalue weighted by Crippen LogP contribution is 2.18. The van der Waals surface area contributed by atoms with Crippen molar-refractivity contribution >= 4 is 23.8 Å². The highest BCUT2D eigenvalue weighted by atomic mass is 16.6. The van der Waals surface area contributed by atoms with Crippen LogP contribution in [0.25, 0.3) is 0 Å². The fourth-order valence-electron chi connectivity index (χ4n) is 2.52. The van der Waals surface area contributed by atoms with Gasteiger partial charge in [-0.05, 0) is 33.6 Å². The predicted molar refractivity (Wildman–Crippen MR) is 92.6 cm³/mol. The highest BCUT2D eigenvalue weighted by Gasteiger charge is 2.31. The SMILES string of the molecule is CC(C)(C)OC(=O)N1CCC(OC(=O)CCCCC(=O)CCC(=O)O)C1. The lowest BCUT2D eigenvalue weighted by Gasteiger charge is -2.24. The number of carboxylic acid groups (broad SMARTS) is 1. The molecule has 0 aromatic heterocycles. The Labute approximate surface area is 153 Å². The van der Waals surface area contributed by atoms with E-state index in [1.54, 1.807) is 20.8 Å². The molecule has 0 aromatic carbocycles. The summed E-state index contributed by atoms with van der Waals surface area (Å²) in [5.41, 5.74) is -0.562. The van der Waals surface area contributed by atoms with Gasteiger partial charge in [0.15, 0.2) is 0 Å². The minimum Gasteiger partial charge on any atom is -0.481 e. The lowest BCUT2D eigenvalue weighted by Crippen LogP contribution is -2.36. The first kappa shape index (κ1) is 21.9. The smallest absolute Gasteiger partial charge is 0.410 e. The number of carboxylic acids is 1. The molecule has 1 aliphatic heterocycles. The Morgan fingerprint density at radius 2 is 1.69 bits per heavy atom. The van der Waals surface area contributed by atoms with Crippen LogP contribution in [-0.4, -0.2) is 58.6 Å². The van der Waals surface area contributed by atoms with Gasteiger partial charge in [0.1, 0.15) is 17.5 Å². The Balaban J connectivity index is 2.17. The zero-order valence-electron chi connectivity index (χ0n) is 15.8. The van der Waals surface area contributed by atoms with Gasteiger partial charge in [0.25, 0.3) is 0 Å². The standard InChI is InChI=1S/C18H29NO7/c1-18(2,3)26-17(24)19-11-10-14(12-19)25-16(23)7-5-4-6-13(20)8-9-15(21)22/h14H,4-12H2,1-3H3,(H,21,22). The number of rotatable bonds is 9. The zero-order chi connectivity index (χ0) is 19.7. The molecule has 1 saturated heterocycles. The third kappa shape index (κ3) is 9.39. The summed E-state index contributed by atoms with van der Waals surface area (Å²) in [4.78, 5) is 47.1. The number of hydrogen-bond donors (Lipinski definition) is 1. The number of nitrogens with zero attached hydrogens (tertiary/aromatic N) is 1. The van der Waals surface area contributed by atoms with Crippen LogP contribution in [0.4, 0.5) is 4.79 Å². The fourth-order valence-corrected chi connectivity index (χ4v) is 2.52. The van der Waals surface area contributed by atoms with Crippen molar-refractivity contribution in [2.75, 3.05) is 13.1 Å². The second-order valence-corrected chi connectivity index (χ2v) is 7.47. The van der Waals surface area contributed by atoms with E-state index in [1.807, 2.05) is 0 Å². The van der Waals surface area contributed by atoms with Crippen LogP contribution in [0.3, 0.4) is 0 Å². The van der Waals surface area contributed by atoms with E-state index in [2.05, 4.69) is 0 Å². The van der Waals surface area contributed by atoms with E-state index in [0.29, 0.717) is 32.4 Å². The van der Waals surface area contributed by atoms with Crippen LogP contribution in [0, 0.1) is 0 Å². The van der Waals surface area contributed by atoms with Gasteiger partial charge < -0.3 is 19.5 Å². The molecule has 0 saturated carbocycles. The molecule has 8 heteroatoms. The summed E-state index contributed by atoms with van der Waals surface area (Å²) in [5, 5.41) is 8.51. The summed E-state index contributed by atoms with van der Waals surface area (Å²) in [6.45, 7) is 6.21. The number of carbonyl (C=O) groups is 4. The van der Waals surface area contributed by atoms with Crippen molar-refractivity contribution < 1.29 is 33.8 Å². The number of aliphatic carboxylic acids is 1. The van der Waals surface area contributed by atoms with Gasteiger partial charge in [0.2, 0.25) is 0 Å². The van der Waals surface area contributed by atoms with E-state index in [4.69, 9.17) is 14.6 Å². The Bertz CT molecular complexity index is 524. The van der Waals surface area contributed by atoms with Crippen molar-refractivity contribution in [2.24, 2.45) is 0 Å². The van der Waals surface area contributed by atoms with Crippen molar-refractivity contribution in [3.8, 4) is 0 Å². The lowest BCUT2D eigenvalue weighted by molar-refractivity contribution is -0.148. The maximum absolute atomic E-state index is 12.0. The number of carbonyl (C=O) groups excluding carboxylic acids is 3. The molecule has 1 fully saturated rings. The van der Waals surface area contributed by atoms with Gasteiger partial charge in [0.05, 0.1) is 13.0 Å². The summed E-state index contributed by atoms with van der Waals surface area (Å²) in [5.74, 6) is -1.44. The van der Waals surface area contributed by atoms with Crippen LogP contribution >= 0.6 is 0 Å². The Morgan fingerprint density at radius 1 is 1.04 bits per heavy atom. The first-order chi connectivity index (χ1) is 12.1. The van der Waals surface area contributed by atoms with Gasteiger partial charge in [-0.15, -0.1) is 0 Å². The molecule has 1 atom stereocenters. The van der Waals surface area contributed by atoms with Crippen LogP contribution in [-0.2, 0) is 23.9 Å². The minimum atomic E-state index is -0.987. The number of ether oxygens (including phenoxy) is 2. The number of ketones is 1. The maximum atomic E-state index is 12.0. The second kappa shape index (κ2) is 10.1. The molecular formula is C18H29NO7.